The lowest BCUT2D eigenvalue weighted by Gasteiger charge is -2.39. The van der Waals surface area contributed by atoms with E-state index in [1.807, 2.05) is 6.92 Å². The number of carbonyl (C=O) groups is 1. The number of pyridine rings is 1. The quantitative estimate of drug-likeness (QED) is 0.159. The van der Waals surface area contributed by atoms with Crippen LogP contribution >= 0.6 is 0 Å². The first kappa shape index (κ1) is 36.5. The van der Waals surface area contributed by atoms with E-state index in [0.29, 0.717) is 36.4 Å². The largest absolute Gasteiger partial charge is 0.488 e. The SMILES string of the molecule is CC[C@@H]1C[C@H](Nc2ncc(OCCOC)c(Cc3cc(C(F)(F)F)cc(C(F)(F)F)c3)n2)c2nc(OC)ccc2N1C(=O)OCCOC. The van der Waals surface area contributed by atoms with Gasteiger partial charge in [0.05, 0.1) is 60.8 Å². The van der Waals surface area contributed by atoms with E-state index >= 15 is 0 Å². The summed E-state index contributed by atoms with van der Waals surface area (Å²) in [5.41, 5.74) is -2.31. The number of alkyl halides is 6. The predicted molar refractivity (Wildman–Crippen MR) is 160 cm³/mol. The molecule has 0 aliphatic carbocycles. The minimum Gasteiger partial charge on any atom is -0.488 e. The van der Waals surface area contributed by atoms with Crippen molar-refractivity contribution >= 4 is 17.7 Å². The molecule has 3 heterocycles. The van der Waals surface area contributed by atoms with E-state index in [9.17, 15) is 31.1 Å². The van der Waals surface area contributed by atoms with E-state index in [0.717, 1.165) is 0 Å². The van der Waals surface area contributed by atoms with Crippen LogP contribution in [0.4, 0.5) is 42.8 Å². The lowest BCUT2D eigenvalue weighted by atomic mass is 9.93. The summed E-state index contributed by atoms with van der Waals surface area (Å²) >= 11 is 0. The summed E-state index contributed by atoms with van der Waals surface area (Å²) < 4.78 is 108. The fourth-order valence-electron chi connectivity index (χ4n) is 5.14. The molecule has 1 aliphatic rings. The third kappa shape index (κ3) is 8.94. The van der Waals surface area contributed by atoms with Gasteiger partial charge in [-0.05, 0) is 42.7 Å². The van der Waals surface area contributed by atoms with Crippen molar-refractivity contribution in [2.24, 2.45) is 0 Å². The maximum atomic E-state index is 13.6. The molecule has 0 saturated heterocycles. The maximum absolute atomic E-state index is 13.6. The number of nitrogens with zero attached hydrogens (tertiary/aromatic N) is 4. The van der Waals surface area contributed by atoms with E-state index < -0.39 is 42.0 Å². The zero-order chi connectivity index (χ0) is 35.1. The highest BCUT2D eigenvalue weighted by Crippen LogP contribution is 2.41. The second-order valence-corrected chi connectivity index (χ2v) is 10.7. The topological polar surface area (TPSA) is 117 Å². The number of hydrogen-bond acceptors (Lipinski definition) is 10. The predicted octanol–water partition coefficient (Wildman–Crippen LogP) is 6.46. The fourth-order valence-corrected chi connectivity index (χ4v) is 5.14. The van der Waals surface area contributed by atoms with Crippen molar-refractivity contribution in [1.29, 1.82) is 0 Å². The zero-order valence-electron chi connectivity index (χ0n) is 26.6. The maximum Gasteiger partial charge on any atom is 0.416 e. The van der Waals surface area contributed by atoms with Crippen LogP contribution in [0, 0.1) is 0 Å². The minimum atomic E-state index is -5.02. The number of methoxy groups -OCH3 is 3. The smallest absolute Gasteiger partial charge is 0.416 e. The number of hydrogen-bond donors (Lipinski definition) is 1. The van der Waals surface area contributed by atoms with Crippen LogP contribution in [0.25, 0.3) is 0 Å². The van der Waals surface area contributed by atoms with Gasteiger partial charge in [0, 0.05) is 32.7 Å². The van der Waals surface area contributed by atoms with Gasteiger partial charge in [-0.3, -0.25) is 4.90 Å². The molecule has 1 aliphatic heterocycles. The van der Waals surface area contributed by atoms with Crippen LogP contribution in [-0.2, 0) is 33.0 Å². The van der Waals surface area contributed by atoms with Gasteiger partial charge < -0.3 is 29.0 Å². The number of rotatable bonds is 13. The van der Waals surface area contributed by atoms with Crippen LogP contribution < -0.4 is 19.7 Å². The molecule has 0 unspecified atom stereocenters. The Morgan fingerprint density at radius 1 is 0.938 bits per heavy atom. The summed E-state index contributed by atoms with van der Waals surface area (Å²) in [4.78, 5) is 28.0. The molecule has 0 bridgehead atoms. The first-order chi connectivity index (χ1) is 22.8. The molecular weight excluding hydrogens is 652 g/mol. The molecule has 17 heteroatoms. The average Bonchev–Trinajstić information content (AvgIpc) is 3.04. The van der Waals surface area contributed by atoms with Crippen molar-refractivity contribution in [2.45, 2.75) is 50.6 Å². The Balaban J connectivity index is 1.73. The van der Waals surface area contributed by atoms with Crippen molar-refractivity contribution in [3.05, 3.63) is 64.6 Å². The average molecular weight is 688 g/mol. The molecule has 1 N–H and O–H groups in total. The highest BCUT2D eigenvalue weighted by molar-refractivity contribution is 5.90. The van der Waals surface area contributed by atoms with Gasteiger partial charge in [-0.25, -0.2) is 19.7 Å². The molecule has 0 fully saturated rings. The van der Waals surface area contributed by atoms with Crippen LogP contribution in [0.15, 0.2) is 36.5 Å². The number of carbonyl (C=O) groups excluding carboxylic acids is 1. The van der Waals surface area contributed by atoms with Crippen molar-refractivity contribution < 1.29 is 54.8 Å². The number of ether oxygens (including phenoxy) is 5. The molecule has 11 nitrogen and oxygen atoms in total. The lowest BCUT2D eigenvalue weighted by Crippen LogP contribution is -2.46. The van der Waals surface area contributed by atoms with Crippen LogP contribution in [-0.4, -0.2) is 74.8 Å². The van der Waals surface area contributed by atoms with Gasteiger partial charge in [-0.2, -0.15) is 26.3 Å². The standard InChI is InChI=1S/C31H35F6N5O6/c1-5-21-16-23(27-24(6-7-26(41-27)46-4)42(21)29(43)48-11-9-45-3)40-28-38-17-25(47-10-8-44-2)22(39-28)14-18-12-19(30(32,33)34)15-20(13-18)31(35,36)37/h6-7,12-13,15,17,21,23H,5,8-11,14,16H2,1-4H3,(H,38,39,40)/t21-,23+/m1/s1. The van der Waals surface area contributed by atoms with E-state index in [2.05, 4.69) is 20.3 Å². The van der Waals surface area contributed by atoms with Crippen molar-refractivity contribution in [3.8, 4) is 11.6 Å². The molecule has 1 aromatic carbocycles. The Bertz CT molecular complexity index is 1530. The second-order valence-electron chi connectivity index (χ2n) is 10.7. The van der Waals surface area contributed by atoms with Crippen LogP contribution in [0.3, 0.4) is 0 Å². The number of benzene rings is 1. The molecule has 2 aromatic heterocycles. The van der Waals surface area contributed by atoms with Crippen LogP contribution in [0.5, 0.6) is 11.6 Å². The zero-order valence-corrected chi connectivity index (χ0v) is 26.6. The molecular formula is C31H35F6N5O6. The van der Waals surface area contributed by atoms with Gasteiger partial charge in [0.2, 0.25) is 11.8 Å². The van der Waals surface area contributed by atoms with Crippen molar-refractivity contribution in [1.82, 2.24) is 15.0 Å². The van der Waals surface area contributed by atoms with Crippen LogP contribution in [0.2, 0.25) is 0 Å². The first-order valence-electron chi connectivity index (χ1n) is 14.8. The lowest BCUT2D eigenvalue weighted by molar-refractivity contribution is -0.143. The summed E-state index contributed by atoms with van der Waals surface area (Å²) in [5, 5.41) is 3.18. The molecule has 48 heavy (non-hydrogen) atoms. The van der Waals surface area contributed by atoms with Crippen LogP contribution in [0.1, 0.15) is 53.9 Å². The molecule has 3 aromatic rings. The van der Waals surface area contributed by atoms with E-state index in [4.69, 9.17) is 23.7 Å². The van der Waals surface area contributed by atoms with E-state index in [1.165, 1.54) is 32.4 Å². The number of fused-ring (bicyclic) bond motifs is 1. The highest BCUT2D eigenvalue weighted by atomic mass is 19.4. The normalized spacial score (nSPS) is 16.3. The molecule has 0 spiro atoms. The highest BCUT2D eigenvalue weighted by Gasteiger charge is 2.39. The summed E-state index contributed by atoms with van der Waals surface area (Å²) in [6, 6.07) is 3.65. The summed E-state index contributed by atoms with van der Waals surface area (Å²) in [7, 11) is 4.35. The molecule has 0 radical (unpaired) electrons. The summed E-state index contributed by atoms with van der Waals surface area (Å²) in [6.45, 7) is 2.30. The molecule has 4 rings (SSSR count). The second kappa shape index (κ2) is 15.7. The van der Waals surface area contributed by atoms with Gasteiger partial charge in [0.15, 0.2) is 5.75 Å². The van der Waals surface area contributed by atoms with Crippen molar-refractivity contribution in [2.75, 3.05) is 58.0 Å². The third-order valence-corrected chi connectivity index (χ3v) is 7.43. The van der Waals surface area contributed by atoms with Crippen molar-refractivity contribution in [3.63, 3.8) is 0 Å². The molecule has 262 valence electrons. The number of nitrogens with one attached hydrogen (secondary N) is 1. The van der Waals surface area contributed by atoms with Gasteiger partial charge in [-0.15, -0.1) is 0 Å². The fraction of sp³-hybridized carbons (Fsp3) is 0.484. The van der Waals surface area contributed by atoms with Gasteiger partial charge >= 0.3 is 18.4 Å². The third-order valence-electron chi connectivity index (χ3n) is 7.43. The first-order valence-corrected chi connectivity index (χ1v) is 14.8. The van der Waals surface area contributed by atoms with Gasteiger partial charge in [0.25, 0.3) is 0 Å². The molecule has 0 saturated carbocycles. The Morgan fingerprint density at radius 2 is 1.60 bits per heavy atom. The Hall–Kier alpha value is -4.38. The Kier molecular flexibility index (Phi) is 11.9. The van der Waals surface area contributed by atoms with Gasteiger partial charge in [-0.1, -0.05) is 6.92 Å². The van der Waals surface area contributed by atoms with Gasteiger partial charge in [0.1, 0.15) is 13.2 Å². The summed E-state index contributed by atoms with van der Waals surface area (Å²) in [6.07, 6.45) is -8.96. The number of halogens is 6. The number of amides is 1. The summed E-state index contributed by atoms with van der Waals surface area (Å²) in [5.74, 6) is 0.305. The Morgan fingerprint density at radius 3 is 2.21 bits per heavy atom. The Labute approximate surface area is 272 Å². The number of anilines is 2. The number of aromatic nitrogens is 3. The molecule has 2 atom stereocenters. The monoisotopic (exact) mass is 687 g/mol. The minimum absolute atomic E-state index is 0.00124. The van der Waals surface area contributed by atoms with E-state index in [-0.39, 0.29) is 67.4 Å². The van der Waals surface area contributed by atoms with E-state index in [1.54, 1.807) is 12.1 Å². The molecule has 1 amide bonds.